The first-order valence-electron chi connectivity index (χ1n) is 6.55. The van der Waals surface area contributed by atoms with Gasteiger partial charge in [-0.25, -0.2) is 4.79 Å². The summed E-state index contributed by atoms with van der Waals surface area (Å²) in [5.74, 6) is -0.558. The Morgan fingerprint density at radius 1 is 1.16 bits per heavy atom. The van der Waals surface area contributed by atoms with E-state index in [9.17, 15) is 9.59 Å². The average molecular weight is 261 g/mol. The van der Waals surface area contributed by atoms with E-state index in [1.165, 1.54) is 7.11 Å². The number of amides is 1. The zero-order valence-corrected chi connectivity index (χ0v) is 11.4. The van der Waals surface area contributed by atoms with Crippen LogP contribution in [-0.4, -0.2) is 24.5 Å². The van der Waals surface area contributed by atoms with E-state index in [0.717, 1.165) is 18.4 Å². The molecule has 0 unspecified atom stereocenters. The number of hydrogen-bond acceptors (Lipinski definition) is 3. The fourth-order valence-electron chi connectivity index (χ4n) is 2.55. The Kier molecular flexibility index (Phi) is 3.88. The van der Waals surface area contributed by atoms with Gasteiger partial charge in [-0.2, -0.15) is 0 Å². The van der Waals surface area contributed by atoms with E-state index in [1.807, 2.05) is 19.1 Å². The molecular weight excluding hydrogens is 242 g/mol. The summed E-state index contributed by atoms with van der Waals surface area (Å²) in [5, 5.41) is 2.87. The first kappa shape index (κ1) is 13.6. The minimum atomic E-state index is -0.837. The van der Waals surface area contributed by atoms with Crippen LogP contribution in [0, 0.1) is 6.92 Å². The van der Waals surface area contributed by atoms with E-state index < -0.39 is 5.54 Å². The molecule has 0 saturated heterocycles. The molecule has 0 aromatic heterocycles. The number of ether oxygens (including phenoxy) is 1. The number of hydrogen-bond donors (Lipinski definition) is 1. The molecule has 0 atom stereocenters. The van der Waals surface area contributed by atoms with Crippen molar-refractivity contribution < 1.29 is 14.3 Å². The van der Waals surface area contributed by atoms with Gasteiger partial charge in [-0.15, -0.1) is 0 Å². The molecule has 1 saturated carbocycles. The number of carbonyl (C=O) groups excluding carboxylic acids is 2. The van der Waals surface area contributed by atoms with Gasteiger partial charge in [0.25, 0.3) is 5.91 Å². The average Bonchev–Trinajstić information content (AvgIpc) is 2.88. The van der Waals surface area contributed by atoms with Crippen molar-refractivity contribution in [1.29, 1.82) is 0 Å². The number of esters is 1. The Labute approximate surface area is 113 Å². The molecule has 0 bridgehead atoms. The van der Waals surface area contributed by atoms with Gasteiger partial charge in [-0.1, -0.05) is 30.5 Å². The first-order valence-corrected chi connectivity index (χ1v) is 6.55. The van der Waals surface area contributed by atoms with Crippen molar-refractivity contribution in [3.63, 3.8) is 0 Å². The van der Waals surface area contributed by atoms with E-state index in [2.05, 4.69) is 5.32 Å². The van der Waals surface area contributed by atoms with Crippen LogP contribution in [0.15, 0.2) is 24.3 Å². The summed E-state index contributed by atoms with van der Waals surface area (Å²) in [6.45, 7) is 1.97. The molecular formula is C15H19NO3. The predicted molar refractivity (Wildman–Crippen MR) is 71.9 cm³/mol. The molecule has 0 radical (unpaired) electrons. The smallest absolute Gasteiger partial charge is 0.331 e. The second kappa shape index (κ2) is 5.43. The highest BCUT2D eigenvalue weighted by atomic mass is 16.5. The normalized spacial score (nSPS) is 16.9. The molecule has 0 spiro atoms. The number of aryl methyl sites for hydroxylation is 1. The molecule has 1 amide bonds. The summed E-state index contributed by atoms with van der Waals surface area (Å²) in [5.41, 5.74) is 0.831. The van der Waals surface area contributed by atoms with Crippen LogP contribution >= 0.6 is 0 Å². The number of methoxy groups -OCH3 is 1. The minimum Gasteiger partial charge on any atom is -0.467 e. The number of rotatable bonds is 3. The van der Waals surface area contributed by atoms with Crippen LogP contribution in [0.3, 0.4) is 0 Å². The van der Waals surface area contributed by atoms with Crippen LogP contribution in [-0.2, 0) is 9.53 Å². The second-order valence-corrected chi connectivity index (χ2v) is 5.10. The van der Waals surface area contributed by atoms with Crippen LogP contribution in [0.1, 0.15) is 41.6 Å². The standard InChI is InChI=1S/C15H19NO3/c1-11-5-7-12(8-6-11)13(17)16-15(14(18)19-2)9-3-4-10-15/h5-8H,3-4,9-10H2,1-2H3,(H,16,17). The maximum absolute atomic E-state index is 12.2. The van der Waals surface area contributed by atoms with Gasteiger partial charge >= 0.3 is 5.97 Å². The molecule has 4 nitrogen and oxygen atoms in total. The lowest BCUT2D eigenvalue weighted by Gasteiger charge is -2.27. The molecule has 1 N–H and O–H groups in total. The van der Waals surface area contributed by atoms with E-state index in [4.69, 9.17) is 4.74 Å². The highest BCUT2D eigenvalue weighted by Gasteiger charge is 2.43. The molecule has 1 fully saturated rings. The van der Waals surface area contributed by atoms with E-state index in [1.54, 1.807) is 12.1 Å². The van der Waals surface area contributed by atoms with Crippen molar-refractivity contribution in [2.24, 2.45) is 0 Å². The number of benzene rings is 1. The second-order valence-electron chi connectivity index (χ2n) is 5.10. The zero-order chi connectivity index (χ0) is 13.9. The van der Waals surface area contributed by atoms with Gasteiger partial charge in [0.05, 0.1) is 7.11 Å². The molecule has 102 valence electrons. The van der Waals surface area contributed by atoms with Gasteiger partial charge in [-0.3, -0.25) is 4.79 Å². The van der Waals surface area contributed by atoms with E-state index in [-0.39, 0.29) is 11.9 Å². The summed E-state index contributed by atoms with van der Waals surface area (Å²) >= 11 is 0. The third-order valence-electron chi connectivity index (χ3n) is 3.70. The predicted octanol–water partition coefficient (Wildman–Crippen LogP) is 2.21. The monoisotopic (exact) mass is 261 g/mol. The summed E-state index contributed by atoms with van der Waals surface area (Å²) < 4.78 is 4.84. The molecule has 0 heterocycles. The lowest BCUT2D eigenvalue weighted by Crippen LogP contribution is -2.53. The minimum absolute atomic E-state index is 0.215. The lowest BCUT2D eigenvalue weighted by atomic mass is 9.97. The van der Waals surface area contributed by atoms with Crippen LogP contribution < -0.4 is 5.32 Å². The molecule has 1 aromatic rings. The van der Waals surface area contributed by atoms with Crippen molar-refractivity contribution in [1.82, 2.24) is 5.32 Å². The Balaban J connectivity index is 2.16. The third-order valence-corrected chi connectivity index (χ3v) is 3.70. The number of carbonyl (C=O) groups is 2. The van der Waals surface area contributed by atoms with Crippen molar-refractivity contribution in [2.45, 2.75) is 38.1 Å². The van der Waals surface area contributed by atoms with Crippen LogP contribution in [0.2, 0.25) is 0 Å². The third kappa shape index (κ3) is 2.78. The molecule has 1 aromatic carbocycles. The zero-order valence-electron chi connectivity index (χ0n) is 11.4. The van der Waals surface area contributed by atoms with Crippen molar-refractivity contribution >= 4 is 11.9 Å². The summed E-state index contributed by atoms with van der Waals surface area (Å²) in [6, 6.07) is 7.30. The first-order chi connectivity index (χ1) is 9.07. The summed E-state index contributed by atoms with van der Waals surface area (Å²) in [6.07, 6.45) is 3.17. The fourth-order valence-corrected chi connectivity index (χ4v) is 2.55. The van der Waals surface area contributed by atoms with Crippen LogP contribution in [0.4, 0.5) is 0 Å². The molecule has 1 aliphatic carbocycles. The molecule has 19 heavy (non-hydrogen) atoms. The van der Waals surface area contributed by atoms with Gasteiger partial charge in [-0.05, 0) is 31.9 Å². The van der Waals surface area contributed by atoms with E-state index >= 15 is 0 Å². The largest absolute Gasteiger partial charge is 0.467 e. The van der Waals surface area contributed by atoms with Gasteiger partial charge in [0.15, 0.2) is 0 Å². The van der Waals surface area contributed by atoms with Crippen molar-refractivity contribution in [3.05, 3.63) is 35.4 Å². The van der Waals surface area contributed by atoms with Crippen LogP contribution in [0.5, 0.6) is 0 Å². The summed E-state index contributed by atoms with van der Waals surface area (Å²) in [4.78, 5) is 24.1. The quantitative estimate of drug-likeness (QED) is 0.849. The Hall–Kier alpha value is -1.84. The Morgan fingerprint density at radius 2 is 1.74 bits per heavy atom. The SMILES string of the molecule is COC(=O)C1(NC(=O)c2ccc(C)cc2)CCCC1. The van der Waals surface area contributed by atoms with Crippen LogP contribution in [0.25, 0.3) is 0 Å². The maximum atomic E-state index is 12.2. The highest BCUT2D eigenvalue weighted by Crippen LogP contribution is 2.31. The molecule has 1 aliphatic rings. The van der Waals surface area contributed by atoms with Gasteiger partial charge < -0.3 is 10.1 Å². The van der Waals surface area contributed by atoms with Crippen molar-refractivity contribution in [2.75, 3.05) is 7.11 Å². The van der Waals surface area contributed by atoms with Gasteiger partial charge in [0.1, 0.15) is 5.54 Å². The Bertz CT molecular complexity index is 473. The highest BCUT2D eigenvalue weighted by molar-refractivity contribution is 5.98. The topological polar surface area (TPSA) is 55.4 Å². The molecule has 2 rings (SSSR count). The lowest BCUT2D eigenvalue weighted by molar-refractivity contribution is -0.148. The Morgan fingerprint density at radius 3 is 2.26 bits per heavy atom. The van der Waals surface area contributed by atoms with Crippen molar-refractivity contribution in [3.8, 4) is 0 Å². The summed E-state index contributed by atoms with van der Waals surface area (Å²) in [7, 11) is 1.36. The van der Waals surface area contributed by atoms with E-state index in [0.29, 0.717) is 18.4 Å². The number of nitrogens with one attached hydrogen (secondary N) is 1. The molecule has 4 heteroatoms. The molecule has 0 aliphatic heterocycles. The fraction of sp³-hybridized carbons (Fsp3) is 0.467. The van der Waals surface area contributed by atoms with Gasteiger partial charge in [0, 0.05) is 5.56 Å². The van der Waals surface area contributed by atoms with Gasteiger partial charge in [0.2, 0.25) is 0 Å². The maximum Gasteiger partial charge on any atom is 0.331 e.